The van der Waals surface area contributed by atoms with E-state index in [4.69, 9.17) is 4.43 Å². The molecule has 0 amide bonds. The van der Waals surface area contributed by atoms with Crippen LogP contribution in [0.25, 0.3) is 43.1 Å². The van der Waals surface area contributed by atoms with Gasteiger partial charge in [-0.05, 0) is 68.3 Å². The topological polar surface area (TPSA) is 9.23 Å². The fourth-order valence-corrected chi connectivity index (χ4v) is 6.82. The molecule has 0 unspecified atom stereocenters. The van der Waals surface area contributed by atoms with E-state index >= 15 is 0 Å². The molecule has 0 radical (unpaired) electrons. The monoisotopic (exact) mass is 354 g/mol. The second-order valence-electron chi connectivity index (χ2n) is 7.54. The third-order valence-corrected chi connectivity index (χ3v) is 8.39. The Morgan fingerprint density at radius 2 is 1.23 bits per heavy atom. The van der Waals surface area contributed by atoms with E-state index in [-0.39, 0.29) is 0 Å². The van der Waals surface area contributed by atoms with Gasteiger partial charge < -0.3 is 4.43 Å². The highest BCUT2D eigenvalue weighted by Gasteiger charge is 2.28. The maximum absolute atomic E-state index is 6.29. The van der Waals surface area contributed by atoms with Crippen LogP contribution in [0, 0.1) is 0 Å². The summed E-state index contributed by atoms with van der Waals surface area (Å²) in [6.45, 7) is 7.50. The quantitative estimate of drug-likeness (QED) is 0.213. The number of hydrogen-bond acceptors (Lipinski definition) is 1. The Balaban J connectivity index is 2.12. The summed E-state index contributed by atoms with van der Waals surface area (Å²) in [5, 5.41) is 12.3. The third kappa shape index (κ3) is 2.06. The van der Waals surface area contributed by atoms with E-state index in [2.05, 4.69) is 86.7 Å². The molecule has 0 N–H and O–H groups in total. The van der Waals surface area contributed by atoms with Crippen molar-refractivity contribution in [2.45, 2.75) is 20.0 Å². The van der Waals surface area contributed by atoms with Crippen molar-refractivity contribution >= 4 is 56.6 Å². The van der Waals surface area contributed by atoms with Crippen molar-refractivity contribution in [2.75, 3.05) is 6.61 Å². The molecule has 1 nitrogen and oxygen atoms in total. The van der Waals surface area contributed by atoms with Crippen molar-refractivity contribution in [1.29, 1.82) is 0 Å². The highest BCUT2D eigenvalue weighted by molar-refractivity contribution is 6.86. The van der Waals surface area contributed by atoms with E-state index in [1.165, 1.54) is 48.3 Å². The summed E-state index contributed by atoms with van der Waals surface area (Å²) >= 11 is 0. The summed E-state index contributed by atoms with van der Waals surface area (Å²) in [7, 11) is -1.99. The van der Waals surface area contributed by atoms with Gasteiger partial charge in [0.15, 0.2) is 0 Å². The molecular formula is C24H22OSi. The summed E-state index contributed by atoms with van der Waals surface area (Å²) in [4.78, 5) is 0. The fraction of sp³-hybridized carbons (Fsp3) is 0.167. The van der Waals surface area contributed by atoms with E-state index in [0.29, 0.717) is 0 Å². The van der Waals surface area contributed by atoms with Crippen molar-refractivity contribution in [3.63, 3.8) is 0 Å². The molecule has 0 heterocycles. The van der Waals surface area contributed by atoms with Crippen molar-refractivity contribution in [1.82, 2.24) is 0 Å². The van der Waals surface area contributed by atoms with Gasteiger partial charge in [0.05, 0.1) is 0 Å². The second kappa shape index (κ2) is 5.54. The van der Waals surface area contributed by atoms with Gasteiger partial charge in [-0.2, -0.15) is 0 Å². The summed E-state index contributed by atoms with van der Waals surface area (Å²) in [6, 6.07) is 24.6. The minimum atomic E-state index is -1.99. The van der Waals surface area contributed by atoms with E-state index in [0.717, 1.165) is 6.61 Å². The molecule has 0 aromatic heterocycles. The molecule has 0 aliphatic heterocycles. The lowest BCUT2D eigenvalue weighted by Gasteiger charge is -2.26. The van der Waals surface area contributed by atoms with Gasteiger partial charge in [-0.25, -0.2) is 0 Å². The predicted molar refractivity (Wildman–Crippen MR) is 116 cm³/mol. The minimum Gasteiger partial charge on any atom is -0.413 e. The summed E-state index contributed by atoms with van der Waals surface area (Å²) < 4.78 is 6.29. The van der Waals surface area contributed by atoms with Crippen LogP contribution in [-0.2, 0) is 4.43 Å². The fourth-order valence-electron chi connectivity index (χ4n) is 4.60. The van der Waals surface area contributed by atoms with Crippen LogP contribution < -0.4 is 5.19 Å². The lowest BCUT2D eigenvalue weighted by Crippen LogP contribution is -2.45. The van der Waals surface area contributed by atoms with Gasteiger partial charge in [0.25, 0.3) is 0 Å². The summed E-state index contributed by atoms with van der Waals surface area (Å²) in [5.41, 5.74) is 0. The SMILES string of the molecule is CCO[Si](C)(C)c1ccc2cccc3c4cccc5cccc(c1c23)c54. The number of hydrogen-bond donors (Lipinski definition) is 0. The van der Waals surface area contributed by atoms with Crippen LogP contribution in [0.4, 0.5) is 0 Å². The van der Waals surface area contributed by atoms with Gasteiger partial charge in [-0.15, -0.1) is 0 Å². The summed E-state index contributed by atoms with van der Waals surface area (Å²) in [5.74, 6) is 0. The zero-order chi connectivity index (χ0) is 17.9. The van der Waals surface area contributed by atoms with Crippen LogP contribution in [0.1, 0.15) is 6.92 Å². The third-order valence-electron chi connectivity index (χ3n) is 5.66. The van der Waals surface area contributed by atoms with Crippen LogP contribution in [0.5, 0.6) is 0 Å². The Hall–Kier alpha value is -2.42. The van der Waals surface area contributed by atoms with E-state index in [1.807, 2.05) is 0 Å². The van der Waals surface area contributed by atoms with Crippen molar-refractivity contribution in [3.05, 3.63) is 66.7 Å². The van der Waals surface area contributed by atoms with Gasteiger partial charge in [-0.3, -0.25) is 0 Å². The number of rotatable bonds is 3. The van der Waals surface area contributed by atoms with Gasteiger partial charge in [0, 0.05) is 6.61 Å². The molecule has 0 saturated heterocycles. The largest absolute Gasteiger partial charge is 0.413 e. The first-order valence-corrected chi connectivity index (χ1v) is 12.3. The molecule has 5 aromatic carbocycles. The number of fused-ring (bicyclic) bond motifs is 2. The number of benzene rings is 5. The van der Waals surface area contributed by atoms with Crippen LogP contribution in [0.3, 0.4) is 0 Å². The molecule has 0 atom stereocenters. The molecule has 0 fully saturated rings. The lowest BCUT2D eigenvalue weighted by molar-refractivity contribution is 0.339. The van der Waals surface area contributed by atoms with Gasteiger partial charge >= 0.3 is 0 Å². The molecule has 0 aliphatic rings. The van der Waals surface area contributed by atoms with Crippen LogP contribution in [0.2, 0.25) is 13.1 Å². The Bertz CT molecular complexity index is 1260. The van der Waals surface area contributed by atoms with Crippen LogP contribution >= 0.6 is 0 Å². The Morgan fingerprint density at radius 1 is 0.654 bits per heavy atom. The van der Waals surface area contributed by atoms with Gasteiger partial charge in [0.1, 0.15) is 0 Å². The van der Waals surface area contributed by atoms with Crippen LogP contribution in [-0.4, -0.2) is 14.9 Å². The molecule has 0 aliphatic carbocycles. The van der Waals surface area contributed by atoms with E-state index < -0.39 is 8.32 Å². The molecular weight excluding hydrogens is 332 g/mol. The summed E-state index contributed by atoms with van der Waals surface area (Å²) in [6.07, 6.45) is 0. The second-order valence-corrected chi connectivity index (χ2v) is 11.4. The van der Waals surface area contributed by atoms with Crippen molar-refractivity contribution < 1.29 is 4.43 Å². The standard InChI is InChI=1S/C24H22OSi/c1-4-25-26(2,3)21-15-14-17-10-6-12-19-18-11-5-8-16-9-7-13-20(22(16)18)24(21)23(17)19/h5-15H,4H2,1-3H3. The maximum atomic E-state index is 6.29. The average molecular weight is 355 g/mol. The molecule has 0 bridgehead atoms. The van der Waals surface area contributed by atoms with Crippen molar-refractivity contribution in [2.24, 2.45) is 0 Å². The smallest absolute Gasteiger partial charge is 0.218 e. The molecule has 128 valence electrons. The zero-order valence-electron chi connectivity index (χ0n) is 15.5. The molecule has 5 aromatic rings. The normalized spacial score (nSPS) is 12.7. The molecule has 26 heavy (non-hydrogen) atoms. The minimum absolute atomic E-state index is 0.763. The Morgan fingerprint density at radius 3 is 1.88 bits per heavy atom. The first-order valence-electron chi connectivity index (χ1n) is 9.34. The maximum Gasteiger partial charge on any atom is 0.218 e. The van der Waals surface area contributed by atoms with Gasteiger partial charge in [-0.1, -0.05) is 66.7 Å². The predicted octanol–water partition coefficient (Wildman–Crippen LogP) is 6.19. The van der Waals surface area contributed by atoms with Crippen LogP contribution in [0.15, 0.2) is 66.7 Å². The average Bonchev–Trinajstić information content (AvgIpc) is 2.65. The highest BCUT2D eigenvalue weighted by atomic mass is 28.4. The molecule has 0 spiro atoms. The molecule has 5 rings (SSSR count). The van der Waals surface area contributed by atoms with Crippen molar-refractivity contribution in [3.8, 4) is 0 Å². The van der Waals surface area contributed by atoms with Gasteiger partial charge in [0.2, 0.25) is 8.32 Å². The zero-order valence-corrected chi connectivity index (χ0v) is 16.5. The first-order chi connectivity index (χ1) is 12.6. The highest BCUT2D eigenvalue weighted by Crippen LogP contribution is 2.39. The molecule has 0 saturated carbocycles. The first kappa shape index (κ1) is 15.8. The van der Waals surface area contributed by atoms with E-state index in [1.54, 1.807) is 0 Å². The Labute approximate surface area is 154 Å². The Kier molecular flexibility index (Phi) is 3.36. The van der Waals surface area contributed by atoms with E-state index in [9.17, 15) is 0 Å². The molecule has 2 heteroatoms. The lowest BCUT2D eigenvalue weighted by atomic mass is 9.90.